The fourth-order valence-electron chi connectivity index (χ4n) is 3.84. The zero-order valence-corrected chi connectivity index (χ0v) is 25.9. The third kappa shape index (κ3) is 7.73. The Hall–Kier alpha value is -3.10. The van der Waals surface area contributed by atoms with Crippen LogP contribution in [0.4, 0.5) is 0 Å². The summed E-state index contributed by atoms with van der Waals surface area (Å²) in [5.41, 5.74) is 1.69. The van der Waals surface area contributed by atoms with E-state index in [9.17, 15) is 9.59 Å². The Labute approximate surface area is 233 Å². The standard InChI is InChI=1S/C31H42N2O5Si/c1-20-26(33-28(36-20)22-14-12-11-13-15-22)18-24(29(35)37-30(3,4)5)27(34)23-16-17-25(32-19-23)21(2)38-39(9,10)31(6,7)8/h11-17,19,21,24H,18H2,1-10H3. The van der Waals surface area contributed by atoms with Crippen molar-refractivity contribution in [2.75, 3.05) is 0 Å². The number of carbonyl (C=O) groups is 2. The summed E-state index contributed by atoms with van der Waals surface area (Å²) in [5, 5.41) is 0.0669. The molecule has 0 bridgehead atoms. The van der Waals surface area contributed by atoms with Gasteiger partial charge in [-0.3, -0.25) is 14.6 Å². The zero-order chi connectivity index (χ0) is 29.2. The SMILES string of the molecule is Cc1oc(-c2ccccc2)nc1CC(C(=O)OC(C)(C)C)C(=O)c1ccc(C(C)O[Si](C)(C)C(C)(C)C)nc1. The lowest BCUT2D eigenvalue weighted by atomic mass is 9.93. The summed E-state index contributed by atoms with van der Waals surface area (Å²) in [6.45, 7) is 20.1. The average molecular weight is 551 g/mol. The Morgan fingerprint density at radius 3 is 2.18 bits per heavy atom. The monoisotopic (exact) mass is 550 g/mol. The molecule has 0 saturated heterocycles. The van der Waals surface area contributed by atoms with Crippen molar-refractivity contribution in [1.82, 2.24) is 9.97 Å². The molecule has 0 saturated carbocycles. The van der Waals surface area contributed by atoms with Crippen LogP contribution in [-0.4, -0.2) is 35.6 Å². The van der Waals surface area contributed by atoms with Crippen LogP contribution in [0.1, 0.15) is 82.1 Å². The largest absolute Gasteiger partial charge is 0.459 e. The number of hydrogen-bond donors (Lipinski definition) is 0. The van der Waals surface area contributed by atoms with Crippen molar-refractivity contribution >= 4 is 20.1 Å². The van der Waals surface area contributed by atoms with Crippen molar-refractivity contribution in [2.24, 2.45) is 5.92 Å². The molecule has 7 nitrogen and oxygen atoms in total. The van der Waals surface area contributed by atoms with Crippen LogP contribution in [0.25, 0.3) is 11.5 Å². The Balaban J connectivity index is 1.87. The van der Waals surface area contributed by atoms with Gasteiger partial charge in [0, 0.05) is 23.7 Å². The van der Waals surface area contributed by atoms with E-state index in [1.165, 1.54) is 6.20 Å². The normalized spacial score (nSPS) is 14.1. The minimum Gasteiger partial charge on any atom is -0.459 e. The molecule has 0 aliphatic rings. The fraction of sp³-hybridized carbons (Fsp3) is 0.484. The van der Waals surface area contributed by atoms with Gasteiger partial charge in [-0.05, 0) is 77.0 Å². The quantitative estimate of drug-likeness (QED) is 0.118. The molecule has 2 unspecified atom stereocenters. The fourth-order valence-corrected chi connectivity index (χ4v) is 5.20. The van der Waals surface area contributed by atoms with E-state index in [0.717, 1.165) is 11.3 Å². The minimum absolute atomic E-state index is 0.0581. The highest BCUT2D eigenvalue weighted by molar-refractivity contribution is 6.74. The number of nitrogens with zero attached hydrogens (tertiary/aromatic N) is 2. The number of carbonyl (C=O) groups excluding carboxylic acids is 2. The molecule has 0 N–H and O–H groups in total. The third-order valence-corrected chi connectivity index (χ3v) is 11.6. The third-order valence-electron chi connectivity index (χ3n) is 7.08. The van der Waals surface area contributed by atoms with Crippen molar-refractivity contribution in [3.05, 3.63) is 71.4 Å². The van der Waals surface area contributed by atoms with Crippen LogP contribution in [0.2, 0.25) is 18.1 Å². The molecular weight excluding hydrogens is 508 g/mol. The van der Waals surface area contributed by atoms with Gasteiger partial charge >= 0.3 is 5.97 Å². The Morgan fingerprint density at radius 2 is 1.64 bits per heavy atom. The first-order valence-corrected chi connectivity index (χ1v) is 16.3. The molecule has 2 atom stereocenters. The van der Waals surface area contributed by atoms with Crippen molar-refractivity contribution in [3.63, 3.8) is 0 Å². The molecule has 3 aromatic rings. The smallest absolute Gasteiger partial charge is 0.317 e. The first-order chi connectivity index (χ1) is 18.0. The highest BCUT2D eigenvalue weighted by Crippen LogP contribution is 2.39. The highest BCUT2D eigenvalue weighted by atomic mass is 28.4. The second-order valence-electron chi connectivity index (χ2n) is 12.5. The lowest BCUT2D eigenvalue weighted by Crippen LogP contribution is -2.41. The van der Waals surface area contributed by atoms with Crippen LogP contribution in [0.5, 0.6) is 0 Å². The summed E-state index contributed by atoms with van der Waals surface area (Å²) in [6.07, 6.45) is 1.36. The maximum Gasteiger partial charge on any atom is 0.317 e. The number of ether oxygens (including phenoxy) is 1. The number of Topliss-reactive ketones (excluding diaryl/α,β-unsaturated/α-hetero) is 1. The maximum absolute atomic E-state index is 13.7. The summed E-state index contributed by atoms with van der Waals surface area (Å²) < 4.78 is 18.0. The predicted molar refractivity (Wildman–Crippen MR) is 155 cm³/mol. The molecule has 2 heterocycles. The van der Waals surface area contributed by atoms with Gasteiger partial charge in [-0.15, -0.1) is 0 Å². The molecule has 8 heteroatoms. The van der Waals surface area contributed by atoms with Crippen LogP contribution in [0.15, 0.2) is 53.1 Å². The summed E-state index contributed by atoms with van der Waals surface area (Å²) in [5.74, 6) is -1.06. The molecule has 0 fully saturated rings. The number of esters is 1. The van der Waals surface area contributed by atoms with E-state index in [-0.39, 0.29) is 23.3 Å². The van der Waals surface area contributed by atoms with Gasteiger partial charge in [0.1, 0.15) is 17.3 Å². The molecule has 0 radical (unpaired) electrons. The number of pyridine rings is 1. The van der Waals surface area contributed by atoms with Crippen LogP contribution < -0.4 is 0 Å². The molecule has 210 valence electrons. The molecule has 0 spiro atoms. The number of hydrogen-bond acceptors (Lipinski definition) is 7. The van der Waals surface area contributed by atoms with Crippen molar-refractivity contribution in [1.29, 1.82) is 0 Å². The van der Waals surface area contributed by atoms with Gasteiger partial charge < -0.3 is 13.6 Å². The summed E-state index contributed by atoms with van der Waals surface area (Å²) in [4.78, 5) is 36.1. The summed E-state index contributed by atoms with van der Waals surface area (Å²) in [7, 11) is -2.00. The zero-order valence-electron chi connectivity index (χ0n) is 24.9. The Bertz CT molecular complexity index is 1290. The molecule has 1 aromatic carbocycles. The second-order valence-corrected chi connectivity index (χ2v) is 17.3. The van der Waals surface area contributed by atoms with E-state index in [4.69, 9.17) is 13.6 Å². The highest BCUT2D eigenvalue weighted by Gasteiger charge is 2.39. The van der Waals surface area contributed by atoms with Crippen molar-refractivity contribution in [2.45, 2.75) is 91.6 Å². The van der Waals surface area contributed by atoms with E-state index in [0.29, 0.717) is 22.9 Å². The van der Waals surface area contributed by atoms with Crippen LogP contribution in [0.3, 0.4) is 0 Å². The molecule has 3 rings (SSSR count). The lowest BCUT2D eigenvalue weighted by Gasteiger charge is -2.38. The molecule has 0 aliphatic heterocycles. The number of benzene rings is 1. The molecule has 0 aliphatic carbocycles. The first kappa shape index (κ1) is 30.4. The Kier molecular flexibility index (Phi) is 9.02. The van der Waals surface area contributed by atoms with E-state index in [2.05, 4.69) is 43.8 Å². The Morgan fingerprint density at radius 1 is 1.00 bits per heavy atom. The maximum atomic E-state index is 13.7. The summed E-state index contributed by atoms with van der Waals surface area (Å²) >= 11 is 0. The molecule has 39 heavy (non-hydrogen) atoms. The number of aromatic nitrogens is 2. The van der Waals surface area contributed by atoms with Crippen molar-refractivity contribution < 1.29 is 23.2 Å². The predicted octanol–water partition coefficient (Wildman–Crippen LogP) is 7.51. The van der Waals surface area contributed by atoms with Gasteiger partial charge in [-0.1, -0.05) is 39.0 Å². The number of rotatable bonds is 9. The minimum atomic E-state index is -2.00. The lowest BCUT2D eigenvalue weighted by molar-refractivity contribution is -0.158. The number of aryl methyl sites for hydroxylation is 1. The molecular formula is C31H42N2O5Si. The molecule has 0 amide bonds. The topological polar surface area (TPSA) is 91.5 Å². The van der Waals surface area contributed by atoms with Gasteiger partial charge in [-0.2, -0.15) is 0 Å². The van der Waals surface area contributed by atoms with Crippen LogP contribution in [0, 0.1) is 12.8 Å². The summed E-state index contributed by atoms with van der Waals surface area (Å²) in [6, 6.07) is 13.0. The number of ketones is 1. The van der Waals surface area contributed by atoms with E-state index < -0.39 is 25.8 Å². The molecule has 2 aromatic heterocycles. The van der Waals surface area contributed by atoms with E-state index in [1.807, 2.05) is 37.3 Å². The first-order valence-electron chi connectivity index (χ1n) is 13.4. The number of oxazole rings is 1. The van der Waals surface area contributed by atoms with Gasteiger partial charge in [0.15, 0.2) is 14.1 Å². The van der Waals surface area contributed by atoms with Gasteiger partial charge in [0.2, 0.25) is 5.89 Å². The second kappa shape index (κ2) is 11.6. The van der Waals surface area contributed by atoms with Crippen molar-refractivity contribution in [3.8, 4) is 11.5 Å². The van der Waals surface area contributed by atoms with E-state index >= 15 is 0 Å². The van der Waals surface area contributed by atoms with E-state index in [1.54, 1.807) is 39.8 Å². The van der Waals surface area contributed by atoms with Crippen LogP contribution >= 0.6 is 0 Å². The van der Waals surface area contributed by atoms with Gasteiger partial charge in [0.05, 0.1) is 17.5 Å². The van der Waals surface area contributed by atoms with Gasteiger partial charge in [0.25, 0.3) is 0 Å². The van der Waals surface area contributed by atoms with Crippen LogP contribution in [-0.2, 0) is 20.4 Å². The van der Waals surface area contributed by atoms with Gasteiger partial charge in [-0.25, -0.2) is 4.98 Å². The average Bonchev–Trinajstić information content (AvgIpc) is 3.20.